The Balaban J connectivity index is 1.54. The van der Waals surface area contributed by atoms with Crippen molar-refractivity contribution < 1.29 is 14.3 Å². The summed E-state index contributed by atoms with van der Waals surface area (Å²) in [4.78, 5) is 15.0. The maximum absolute atomic E-state index is 12.7. The van der Waals surface area contributed by atoms with Gasteiger partial charge in [-0.2, -0.15) is 0 Å². The summed E-state index contributed by atoms with van der Waals surface area (Å²) < 4.78 is 11.3. The summed E-state index contributed by atoms with van der Waals surface area (Å²) in [6, 6.07) is 11.2. The van der Waals surface area contributed by atoms with Gasteiger partial charge in [0, 0.05) is 36.4 Å². The molecule has 2 aromatic rings. The van der Waals surface area contributed by atoms with Crippen LogP contribution in [0.1, 0.15) is 29.6 Å². The molecule has 5 nitrogen and oxygen atoms in total. The van der Waals surface area contributed by atoms with Crippen molar-refractivity contribution in [3.05, 3.63) is 47.0 Å². The number of hydrogen-bond acceptors (Lipinski definition) is 4. The predicted molar refractivity (Wildman–Crippen MR) is 103 cm³/mol. The van der Waals surface area contributed by atoms with Crippen molar-refractivity contribution in [2.24, 2.45) is 0 Å². The minimum Gasteiger partial charge on any atom is -0.489 e. The van der Waals surface area contributed by atoms with Gasteiger partial charge in [-0.15, -0.1) is 0 Å². The van der Waals surface area contributed by atoms with Crippen LogP contribution in [0.3, 0.4) is 0 Å². The van der Waals surface area contributed by atoms with Crippen LogP contribution in [0.5, 0.6) is 11.5 Å². The molecule has 1 amide bonds. The fraction of sp³-hybridized carbons (Fsp3) is 0.350. The van der Waals surface area contributed by atoms with Crippen LogP contribution in [-0.4, -0.2) is 32.2 Å². The van der Waals surface area contributed by atoms with Gasteiger partial charge in [0.15, 0.2) is 11.5 Å². The Bertz CT molecular complexity index is 819. The normalized spacial score (nSPS) is 16.3. The highest BCUT2D eigenvalue weighted by atomic mass is 35.5. The van der Waals surface area contributed by atoms with Crippen LogP contribution in [0.4, 0.5) is 11.4 Å². The highest BCUT2D eigenvalue weighted by Crippen LogP contribution is 2.38. The molecule has 0 unspecified atom stereocenters. The molecule has 0 atom stereocenters. The average Bonchev–Trinajstić information content (AvgIpc) is 3.07. The fourth-order valence-corrected chi connectivity index (χ4v) is 3.59. The molecular formula is C20H21ClN2O3. The topological polar surface area (TPSA) is 50.8 Å². The van der Waals surface area contributed by atoms with Crippen LogP contribution in [0.25, 0.3) is 0 Å². The Morgan fingerprint density at radius 2 is 1.85 bits per heavy atom. The van der Waals surface area contributed by atoms with Crippen LogP contribution < -0.4 is 19.7 Å². The van der Waals surface area contributed by atoms with Gasteiger partial charge >= 0.3 is 0 Å². The molecule has 1 N–H and O–H groups in total. The molecule has 2 heterocycles. The molecule has 136 valence electrons. The first-order chi connectivity index (χ1) is 12.7. The van der Waals surface area contributed by atoms with E-state index in [0.717, 1.165) is 30.9 Å². The van der Waals surface area contributed by atoms with E-state index in [2.05, 4.69) is 16.3 Å². The summed E-state index contributed by atoms with van der Waals surface area (Å²) in [6.45, 7) is 3.23. The van der Waals surface area contributed by atoms with E-state index in [-0.39, 0.29) is 5.91 Å². The smallest absolute Gasteiger partial charge is 0.255 e. The molecule has 0 aromatic heterocycles. The molecule has 2 aromatic carbocycles. The number of amides is 1. The lowest BCUT2D eigenvalue weighted by molar-refractivity contribution is 0.102. The van der Waals surface area contributed by atoms with Crippen LogP contribution in [0, 0.1) is 0 Å². The highest BCUT2D eigenvalue weighted by Gasteiger charge is 2.19. The van der Waals surface area contributed by atoms with Crippen LogP contribution in [0.15, 0.2) is 36.4 Å². The monoisotopic (exact) mass is 372 g/mol. The summed E-state index contributed by atoms with van der Waals surface area (Å²) >= 11 is 6.29. The Hall–Kier alpha value is -2.40. The van der Waals surface area contributed by atoms with Crippen molar-refractivity contribution >= 4 is 28.9 Å². The first-order valence-corrected chi connectivity index (χ1v) is 9.34. The second kappa shape index (κ2) is 7.46. The number of nitrogens with one attached hydrogen (secondary N) is 1. The molecule has 26 heavy (non-hydrogen) atoms. The van der Waals surface area contributed by atoms with E-state index in [4.69, 9.17) is 21.1 Å². The number of ether oxygens (including phenoxy) is 2. The van der Waals surface area contributed by atoms with Gasteiger partial charge < -0.3 is 19.7 Å². The maximum atomic E-state index is 12.7. The zero-order valence-corrected chi connectivity index (χ0v) is 15.2. The highest BCUT2D eigenvalue weighted by molar-refractivity contribution is 6.32. The third kappa shape index (κ3) is 3.58. The van der Waals surface area contributed by atoms with Crippen molar-refractivity contribution in [3.8, 4) is 11.5 Å². The quantitative estimate of drug-likeness (QED) is 0.870. The lowest BCUT2D eigenvalue weighted by Crippen LogP contribution is -2.18. The molecule has 1 saturated heterocycles. The lowest BCUT2D eigenvalue weighted by atomic mass is 10.1. The Labute approximate surface area is 157 Å². The molecule has 0 spiro atoms. The largest absolute Gasteiger partial charge is 0.489 e. The van der Waals surface area contributed by atoms with E-state index in [9.17, 15) is 4.79 Å². The zero-order valence-electron chi connectivity index (χ0n) is 14.5. The third-order valence-corrected chi connectivity index (χ3v) is 4.92. The Morgan fingerprint density at radius 3 is 2.69 bits per heavy atom. The number of nitrogens with zero attached hydrogens (tertiary/aromatic N) is 1. The number of anilines is 2. The molecule has 4 rings (SSSR count). The maximum Gasteiger partial charge on any atom is 0.255 e. The molecule has 0 saturated carbocycles. The van der Waals surface area contributed by atoms with E-state index < -0.39 is 0 Å². The molecule has 2 aliphatic rings. The number of benzene rings is 2. The van der Waals surface area contributed by atoms with E-state index >= 15 is 0 Å². The van der Waals surface area contributed by atoms with Crippen LogP contribution >= 0.6 is 11.6 Å². The van der Waals surface area contributed by atoms with Gasteiger partial charge in [0.2, 0.25) is 0 Å². The SMILES string of the molecule is O=C(Nc1cccc(N2CCCC2)c1)c1cc(Cl)c2c(c1)OCCCO2. The number of carbonyl (C=O) groups is 1. The number of halogens is 1. The summed E-state index contributed by atoms with van der Waals surface area (Å²) in [5.74, 6) is 0.809. The van der Waals surface area contributed by atoms with Gasteiger partial charge in [0.1, 0.15) is 0 Å². The van der Waals surface area contributed by atoms with E-state index in [1.165, 1.54) is 12.8 Å². The fourth-order valence-electron chi connectivity index (χ4n) is 3.32. The van der Waals surface area contributed by atoms with Crippen molar-refractivity contribution in [1.82, 2.24) is 0 Å². The van der Waals surface area contributed by atoms with Gasteiger partial charge in [-0.1, -0.05) is 17.7 Å². The molecule has 0 aliphatic carbocycles. The van der Waals surface area contributed by atoms with Gasteiger partial charge in [0.25, 0.3) is 5.91 Å². The molecule has 6 heteroatoms. The summed E-state index contributed by atoms with van der Waals surface area (Å²) in [6.07, 6.45) is 3.22. The van der Waals surface area contributed by atoms with Crippen molar-refractivity contribution in [1.29, 1.82) is 0 Å². The zero-order chi connectivity index (χ0) is 17.9. The van der Waals surface area contributed by atoms with E-state index in [0.29, 0.717) is 35.3 Å². The van der Waals surface area contributed by atoms with Gasteiger partial charge in [-0.05, 0) is 43.2 Å². The van der Waals surface area contributed by atoms with Crippen molar-refractivity contribution in [2.75, 3.05) is 36.5 Å². The van der Waals surface area contributed by atoms with Crippen LogP contribution in [0.2, 0.25) is 5.02 Å². The number of carbonyl (C=O) groups excluding carboxylic acids is 1. The first kappa shape index (κ1) is 17.0. The predicted octanol–water partition coefficient (Wildman–Crippen LogP) is 4.35. The second-order valence-electron chi connectivity index (χ2n) is 6.53. The minimum atomic E-state index is -0.221. The lowest BCUT2D eigenvalue weighted by Gasteiger charge is -2.18. The van der Waals surface area contributed by atoms with E-state index in [1.54, 1.807) is 12.1 Å². The minimum absolute atomic E-state index is 0.221. The van der Waals surface area contributed by atoms with Crippen LogP contribution in [-0.2, 0) is 0 Å². The van der Waals surface area contributed by atoms with Crippen molar-refractivity contribution in [2.45, 2.75) is 19.3 Å². The molecular weight excluding hydrogens is 352 g/mol. The van der Waals surface area contributed by atoms with Crippen molar-refractivity contribution in [3.63, 3.8) is 0 Å². The standard InChI is InChI=1S/C20H21ClN2O3/c21-17-11-14(12-18-19(17)26-10-4-9-25-18)20(24)22-15-5-3-6-16(13-15)23-7-1-2-8-23/h3,5-6,11-13H,1-2,4,7-10H2,(H,22,24). The number of hydrogen-bond donors (Lipinski definition) is 1. The van der Waals surface area contributed by atoms with Gasteiger partial charge in [-0.3, -0.25) is 4.79 Å². The molecule has 0 bridgehead atoms. The Kier molecular flexibility index (Phi) is 4.89. The second-order valence-corrected chi connectivity index (χ2v) is 6.94. The molecule has 1 fully saturated rings. The van der Waals surface area contributed by atoms with Gasteiger partial charge in [-0.25, -0.2) is 0 Å². The third-order valence-electron chi connectivity index (χ3n) is 4.64. The first-order valence-electron chi connectivity index (χ1n) is 8.96. The molecule has 0 radical (unpaired) electrons. The number of rotatable bonds is 3. The summed E-state index contributed by atoms with van der Waals surface area (Å²) in [5, 5.41) is 3.34. The van der Waals surface area contributed by atoms with Gasteiger partial charge in [0.05, 0.1) is 18.2 Å². The number of fused-ring (bicyclic) bond motifs is 1. The molecule has 2 aliphatic heterocycles. The average molecular weight is 373 g/mol. The van der Waals surface area contributed by atoms with E-state index in [1.807, 2.05) is 18.2 Å². The Morgan fingerprint density at radius 1 is 1.04 bits per heavy atom. The summed E-state index contributed by atoms with van der Waals surface area (Å²) in [5.41, 5.74) is 2.35. The summed E-state index contributed by atoms with van der Waals surface area (Å²) in [7, 11) is 0.